The molecule has 1 N–H and O–H groups in total. The minimum absolute atomic E-state index is 0.0926. The van der Waals surface area contributed by atoms with Gasteiger partial charge < -0.3 is 14.8 Å². The maximum atomic E-state index is 5.37. The third-order valence-corrected chi connectivity index (χ3v) is 2.13. The van der Waals surface area contributed by atoms with Crippen LogP contribution in [0.1, 0.15) is 6.42 Å². The predicted molar refractivity (Wildman–Crippen MR) is 36.7 cm³/mol. The largest absolute Gasteiger partial charge is 0.350 e. The molecule has 0 aromatic carbocycles. The molecule has 2 rings (SSSR count). The number of ether oxygens (including phenoxy) is 2. The van der Waals surface area contributed by atoms with Gasteiger partial charge in [0.05, 0.1) is 13.2 Å². The quantitative estimate of drug-likeness (QED) is 0.559. The second-order valence-corrected chi connectivity index (χ2v) is 2.86. The van der Waals surface area contributed by atoms with Crippen LogP contribution in [-0.4, -0.2) is 32.6 Å². The Hall–Kier alpha value is -0.120. The zero-order valence-corrected chi connectivity index (χ0v) is 6.01. The summed E-state index contributed by atoms with van der Waals surface area (Å²) >= 11 is 0. The molecule has 0 aromatic heterocycles. The fraction of sp³-hybridized carbons (Fsp3) is 1.00. The lowest BCUT2D eigenvalue weighted by Gasteiger charge is -2.14. The van der Waals surface area contributed by atoms with Crippen LogP contribution in [0.2, 0.25) is 0 Å². The highest BCUT2D eigenvalue weighted by Crippen LogP contribution is 2.19. The Morgan fingerprint density at radius 2 is 2.00 bits per heavy atom. The molecule has 3 heteroatoms. The van der Waals surface area contributed by atoms with E-state index in [2.05, 4.69) is 5.32 Å². The van der Waals surface area contributed by atoms with Crippen LogP contribution < -0.4 is 5.32 Å². The molecule has 2 aliphatic rings. The van der Waals surface area contributed by atoms with Crippen molar-refractivity contribution in [1.29, 1.82) is 0 Å². The van der Waals surface area contributed by atoms with Crippen LogP contribution in [0.3, 0.4) is 0 Å². The van der Waals surface area contributed by atoms with Gasteiger partial charge in [0.2, 0.25) is 0 Å². The fourth-order valence-electron chi connectivity index (χ4n) is 1.56. The van der Waals surface area contributed by atoms with E-state index in [1.54, 1.807) is 0 Å². The summed E-state index contributed by atoms with van der Waals surface area (Å²) in [5, 5.41) is 3.29. The molecule has 2 heterocycles. The average molecular weight is 143 g/mol. The molecule has 2 aliphatic heterocycles. The number of hydrogen-bond acceptors (Lipinski definition) is 3. The van der Waals surface area contributed by atoms with Gasteiger partial charge in [0.15, 0.2) is 6.29 Å². The van der Waals surface area contributed by atoms with Gasteiger partial charge in [-0.3, -0.25) is 0 Å². The first-order valence-corrected chi connectivity index (χ1v) is 3.91. The Morgan fingerprint density at radius 1 is 1.20 bits per heavy atom. The van der Waals surface area contributed by atoms with E-state index in [9.17, 15) is 0 Å². The first kappa shape index (κ1) is 6.58. The zero-order chi connectivity index (χ0) is 6.81. The molecule has 0 bridgehead atoms. The van der Waals surface area contributed by atoms with Crippen LogP contribution in [0.4, 0.5) is 0 Å². The van der Waals surface area contributed by atoms with Gasteiger partial charge in [-0.2, -0.15) is 0 Å². The molecule has 0 aromatic rings. The summed E-state index contributed by atoms with van der Waals surface area (Å²) in [5.74, 6) is 0.600. The van der Waals surface area contributed by atoms with Gasteiger partial charge in [0.25, 0.3) is 0 Å². The van der Waals surface area contributed by atoms with Crippen molar-refractivity contribution in [3.05, 3.63) is 0 Å². The molecular formula is C7H13NO2. The van der Waals surface area contributed by atoms with E-state index in [1.807, 2.05) is 0 Å². The molecule has 0 unspecified atom stereocenters. The summed E-state index contributed by atoms with van der Waals surface area (Å²) in [5.41, 5.74) is 0. The van der Waals surface area contributed by atoms with Crippen molar-refractivity contribution in [1.82, 2.24) is 5.32 Å². The van der Waals surface area contributed by atoms with Crippen molar-refractivity contribution in [3.8, 4) is 0 Å². The lowest BCUT2D eigenvalue weighted by atomic mass is 10.1. The third kappa shape index (κ3) is 1.17. The van der Waals surface area contributed by atoms with Crippen LogP contribution in [0, 0.1) is 5.92 Å². The highest BCUT2D eigenvalue weighted by Gasteiger charge is 2.28. The fourth-order valence-corrected chi connectivity index (χ4v) is 1.56. The first-order chi connectivity index (χ1) is 4.97. The monoisotopic (exact) mass is 143 g/mol. The van der Waals surface area contributed by atoms with Crippen LogP contribution in [0.15, 0.2) is 0 Å². The molecule has 2 fully saturated rings. The van der Waals surface area contributed by atoms with Crippen molar-refractivity contribution in [2.75, 3.05) is 26.3 Å². The second kappa shape index (κ2) is 2.86. The first-order valence-electron chi connectivity index (χ1n) is 3.91. The highest BCUT2D eigenvalue weighted by atomic mass is 16.7. The number of rotatable bonds is 1. The van der Waals surface area contributed by atoms with E-state index in [0.29, 0.717) is 5.92 Å². The van der Waals surface area contributed by atoms with Gasteiger partial charge in [0, 0.05) is 12.5 Å². The summed E-state index contributed by atoms with van der Waals surface area (Å²) in [6, 6.07) is 0. The summed E-state index contributed by atoms with van der Waals surface area (Å²) in [6.45, 7) is 3.74. The van der Waals surface area contributed by atoms with Crippen molar-refractivity contribution >= 4 is 0 Å². The van der Waals surface area contributed by atoms with E-state index in [0.717, 1.165) is 26.3 Å². The smallest absolute Gasteiger partial charge is 0.161 e. The molecule has 58 valence electrons. The summed E-state index contributed by atoms with van der Waals surface area (Å²) in [7, 11) is 0. The SMILES string of the molecule is C1C[C@@H](C2OCCO2)CN1. The van der Waals surface area contributed by atoms with Crippen LogP contribution in [-0.2, 0) is 9.47 Å². The lowest BCUT2D eigenvalue weighted by Crippen LogP contribution is -2.23. The van der Waals surface area contributed by atoms with Gasteiger partial charge >= 0.3 is 0 Å². The Kier molecular flexibility index (Phi) is 1.88. The standard InChI is InChI=1S/C7H13NO2/c1-2-8-5-6(1)7-9-3-4-10-7/h6-8H,1-5H2/t6-/m1/s1. The van der Waals surface area contributed by atoms with Crippen molar-refractivity contribution < 1.29 is 9.47 Å². The minimum atomic E-state index is 0.0926. The molecule has 3 nitrogen and oxygen atoms in total. The van der Waals surface area contributed by atoms with Gasteiger partial charge in [-0.1, -0.05) is 0 Å². The zero-order valence-electron chi connectivity index (χ0n) is 6.01. The maximum absolute atomic E-state index is 5.37. The van der Waals surface area contributed by atoms with E-state index in [1.165, 1.54) is 6.42 Å². The molecule has 2 saturated heterocycles. The molecule has 1 atom stereocenters. The number of nitrogens with one attached hydrogen (secondary N) is 1. The van der Waals surface area contributed by atoms with E-state index >= 15 is 0 Å². The lowest BCUT2D eigenvalue weighted by molar-refractivity contribution is -0.0776. The summed E-state index contributed by atoms with van der Waals surface area (Å²) in [4.78, 5) is 0. The summed E-state index contributed by atoms with van der Waals surface area (Å²) in [6.07, 6.45) is 1.29. The van der Waals surface area contributed by atoms with Crippen molar-refractivity contribution in [3.63, 3.8) is 0 Å². The van der Waals surface area contributed by atoms with Gasteiger partial charge in [-0.15, -0.1) is 0 Å². The number of hydrogen-bond donors (Lipinski definition) is 1. The predicted octanol–water partition coefficient (Wildman–Crippen LogP) is -0.0312. The van der Waals surface area contributed by atoms with Gasteiger partial charge in [-0.25, -0.2) is 0 Å². The Bertz CT molecular complexity index is 92.2. The van der Waals surface area contributed by atoms with E-state index in [-0.39, 0.29) is 6.29 Å². The van der Waals surface area contributed by atoms with E-state index < -0.39 is 0 Å². The van der Waals surface area contributed by atoms with Crippen molar-refractivity contribution in [2.45, 2.75) is 12.7 Å². The Morgan fingerprint density at radius 3 is 2.60 bits per heavy atom. The van der Waals surface area contributed by atoms with Gasteiger partial charge in [0.1, 0.15) is 0 Å². The molecule has 0 spiro atoms. The molecule has 0 radical (unpaired) electrons. The normalized spacial score (nSPS) is 35.4. The molecule has 0 aliphatic carbocycles. The molecule has 10 heavy (non-hydrogen) atoms. The maximum Gasteiger partial charge on any atom is 0.161 e. The second-order valence-electron chi connectivity index (χ2n) is 2.86. The Labute approximate surface area is 60.7 Å². The Balaban J connectivity index is 1.85. The van der Waals surface area contributed by atoms with Gasteiger partial charge in [-0.05, 0) is 13.0 Å². The molecule has 0 saturated carbocycles. The highest BCUT2D eigenvalue weighted by molar-refractivity contribution is 4.75. The topological polar surface area (TPSA) is 30.5 Å². The summed E-state index contributed by atoms with van der Waals surface area (Å²) < 4.78 is 10.7. The minimum Gasteiger partial charge on any atom is -0.350 e. The third-order valence-electron chi connectivity index (χ3n) is 2.13. The molecule has 0 amide bonds. The van der Waals surface area contributed by atoms with Crippen LogP contribution >= 0.6 is 0 Å². The average Bonchev–Trinajstić information content (AvgIpc) is 2.59. The van der Waals surface area contributed by atoms with Crippen LogP contribution in [0.25, 0.3) is 0 Å². The van der Waals surface area contributed by atoms with Crippen LogP contribution in [0.5, 0.6) is 0 Å². The van der Waals surface area contributed by atoms with E-state index in [4.69, 9.17) is 9.47 Å². The molecular weight excluding hydrogens is 130 g/mol. The van der Waals surface area contributed by atoms with Crippen molar-refractivity contribution in [2.24, 2.45) is 5.92 Å².